The van der Waals surface area contributed by atoms with Gasteiger partial charge in [-0.2, -0.15) is 0 Å². The Balaban J connectivity index is 2.79. The number of hydrogen-bond donors (Lipinski definition) is 2. The third kappa shape index (κ3) is 2.97. The van der Waals surface area contributed by atoms with Crippen LogP contribution in [0.3, 0.4) is 0 Å². The van der Waals surface area contributed by atoms with E-state index in [1.807, 2.05) is 31.2 Å². The number of primary amides is 1. The van der Waals surface area contributed by atoms with Crippen molar-refractivity contribution in [3.05, 3.63) is 29.8 Å². The summed E-state index contributed by atoms with van der Waals surface area (Å²) < 4.78 is 5.25. The molecule has 0 aliphatic carbocycles. The van der Waals surface area contributed by atoms with Crippen LogP contribution in [0.4, 0.5) is 0 Å². The van der Waals surface area contributed by atoms with E-state index in [-0.39, 0.29) is 18.0 Å². The molecular formula is C12H18N2O2. The van der Waals surface area contributed by atoms with E-state index in [2.05, 4.69) is 5.32 Å². The number of hydrogen-bond acceptors (Lipinski definition) is 3. The van der Waals surface area contributed by atoms with Crippen LogP contribution >= 0.6 is 0 Å². The van der Waals surface area contributed by atoms with Gasteiger partial charge in [-0.25, -0.2) is 0 Å². The second-order valence-electron chi connectivity index (χ2n) is 3.75. The van der Waals surface area contributed by atoms with Gasteiger partial charge in [-0.3, -0.25) is 10.1 Å². The zero-order valence-corrected chi connectivity index (χ0v) is 9.86. The third-order valence-electron chi connectivity index (χ3n) is 2.53. The summed E-state index contributed by atoms with van der Waals surface area (Å²) >= 11 is 0. The minimum Gasteiger partial charge on any atom is -0.496 e. The smallest absolute Gasteiger partial charge is 0.234 e. The first-order valence-corrected chi connectivity index (χ1v) is 5.24. The highest BCUT2D eigenvalue weighted by Gasteiger charge is 2.15. The van der Waals surface area contributed by atoms with Gasteiger partial charge in [-0.1, -0.05) is 18.2 Å². The molecule has 0 aliphatic heterocycles. The van der Waals surface area contributed by atoms with Gasteiger partial charge in [-0.05, 0) is 19.9 Å². The minimum atomic E-state index is -0.361. The van der Waals surface area contributed by atoms with Gasteiger partial charge >= 0.3 is 0 Å². The summed E-state index contributed by atoms with van der Waals surface area (Å²) in [5.41, 5.74) is 6.21. The Kier molecular flexibility index (Phi) is 4.31. The van der Waals surface area contributed by atoms with Gasteiger partial charge in [0.25, 0.3) is 0 Å². The van der Waals surface area contributed by atoms with Crippen molar-refractivity contribution in [2.75, 3.05) is 7.11 Å². The molecule has 1 amide bonds. The molecule has 0 fully saturated rings. The summed E-state index contributed by atoms with van der Waals surface area (Å²) in [6.07, 6.45) is 0. The van der Waals surface area contributed by atoms with E-state index in [4.69, 9.17) is 10.5 Å². The molecule has 4 heteroatoms. The quantitative estimate of drug-likeness (QED) is 0.787. The summed E-state index contributed by atoms with van der Waals surface area (Å²) in [7, 11) is 1.63. The van der Waals surface area contributed by atoms with Crippen molar-refractivity contribution in [2.45, 2.75) is 25.9 Å². The molecule has 1 aromatic carbocycles. The molecule has 3 N–H and O–H groups in total. The van der Waals surface area contributed by atoms with Gasteiger partial charge in [0.05, 0.1) is 13.2 Å². The predicted octanol–water partition coefficient (Wildman–Crippen LogP) is 1.22. The monoisotopic (exact) mass is 222 g/mol. The Morgan fingerprint density at radius 2 is 2.00 bits per heavy atom. The lowest BCUT2D eigenvalue weighted by Gasteiger charge is -2.20. The van der Waals surface area contributed by atoms with E-state index in [1.54, 1.807) is 14.0 Å². The van der Waals surface area contributed by atoms with Crippen molar-refractivity contribution in [1.82, 2.24) is 5.32 Å². The van der Waals surface area contributed by atoms with E-state index in [9.17, 15) is 4.79 Å². The summed E-state index contributed by atoms with van der Waals surface area (Å²) in [5.74, 6) is 0.445. The number of para-hydroxylation sites is 1. The third-order valence-corrected chi connectivity index (χ3v) is 2.53. The van der Waals surface area contributed by atoms with Crippen LogP contribution in [-0.2, 0) is 4.79 Å². The van der Waals surface area contributed by atoms with Crippen LogP contribution in [0.5, 0.6) is 5.75 Å². The number of nitrogens with one attached hydrogen (secondary N) is 1. The van der Waals surface area contributed by atoms with Crippen molar-refractivity contribution in [3.63, 3.8) is 0 Å². The standard InChI is InChI=1S/C12H18N2O2/c1-8(14-9(2)12(13)15)10-6-4-5-7-11(10)16-3/h4-9,14H,1-3H3,(H2,13,15). The van der Waals surface area contributed by atoms with Crippen LogP contribution in [-0.4, -0.2) is 19.1 Å². The molecule has 0 radical (unpaired) electrons. The highest BCUT2D eigenvalue weighted by atomic mass is 16.5. The number of ether oxygens (including phenoxy) is 1. The maximum atomic E-state index is 10.9. The van der Waals surface area contributed by atoms with Crippen LogP contribution in [0.15, 0.2) is 24.3 Å². The molecule has 0 saturated carbocycles. The van der Waals surface area contributed by atoms with Crippen molar-refractivity contribution >= 4 is 5.91 Å². The fourth-order valence-corrected chi connectivity index (χ4v) is 1.57. The summed E-state index contributed by atoms with van der Waals surface area (Å²) in [6.45, 7) is 3.71. The van der Waals surface area contributed by atoms with Gasteiger partial charge < -0.3 is 10.5 Å². The van der Waals surface area contributed by atoms with Gasteiger partial charge in [0.2, 0.25) is 5.91 Å². The maximum absolute atomic E-state index is 10.9. The maximum Gasteiger partial charge on any atom is 0.234 e. The van der Waals surface area contributed by atoms with Crippen LogP contribution < -0.4 is 15.8 Å². The molecule has 1 rings (SSSR count). The van der Waals surface area contributed by atoms with E-state index in [1.165, 1.54) is 0 Å². The van der Waals surface area contributed by atoms with Crippen LogP contribution in [0.25, 0.3) is 0 Å². The molecule has 4 nitrogen and oxygen atoms in total. The van der Waals surface area contributed by atoms with Crippen LogP contribution in [0.1, 0.15) is 25.5 Å². The minimum absolute atomic E-state index is 0.0126. The molecule has 2 unspecified atom stereocenters. The second-order valence-corrected chi connectivity index (χ2v) is 3.75. The normalized spacial score (nSPS) is 14.2. The zero-order valence-electron chi connectivity index (χ0n) is 9.86. The summed E-state index contributed by atoms with van der Waals surface area (Å²) in [6, 6.07) is 7.35. The number of carbonyl (C=O) groups is 1. The van der Waals surface area contributed by atoms with Gasteiger partial charge in [0, 0.05) is 11.6 Å². The summed E-state index contributed by atoms with van der Waals surface area (Å²) in [5, 5.41) is 3.12. The first-order chi connectivity index (χ1) is 7.56. The van der Waals surface area contributed by atoms with Gasteiger partial charge in [0.1, 0.15) is 5.75 Å². The summed E-state index contributed by atoms with van der Waals surface area (Å²) in [4.78, 5) is 10.9. The van der Waals surface area contributed by atoms with Gasteiger partial charge in [0.15, 0.2) is 0 Å². The lowest BCUT2D eigenvalue weighted by Crippen LogP contribution is -2.40. The molecule has 0 spiro atoms. The highest BCUT2D eigenvalue weighted by Crippen LogP contribution is 2.24. The number of rotatable bonds is 5. The predicted molar refractivity (Wildman–Crippen MR) is 63.2 cm³/mol. The number of amides is 1. The van der Waals surface area contributed by atoms with E-state index < -0.39 is 0 Å². The molecule has 88 valence electrons. The number of methoxy groups -OCH3 is 1. The fourth-order valence-electron chi connectivity index (χ4n) is 1.57. The van der Waals surface area contributed by atoms with Crippen molar-refractivity contribution < 1.29 is 9.53 Å². The molecule has 0 heterocycles. The van der Waals surface area contributed by atoms with Crippen LogP contribution in [0.2, 0.25) is 0 Å². The van der Waals surface area contributed by atoms with Crippen molar-refractivity contribution in [3.8, 4) is 5.75 Å². The number of nitrogens with two attached hydrogens (primary N) is 1. The van der Waals surface area contributed by atoms with Crippen molar-refractivity contribution in [2.24, 2.45) is 5.73 Å². The molecule has 1 aromatic rings. The van der Waals surface area contributed by atoms with Crippen LogP contribution in [0, 0.1) is 0 Å². The first kappa shape index (κ1) is 12.5. The first-order valence-electron chi connectivity index (χ1n) is 5.24. The molecule has 2 atom stereocenters. The fraction of sp³-hybridized carbons (Fsp3) is 0.417. The lowest BCUT2D eigenvalue weighted by molar-refractivity contribution is -0.119. The topological polar surface area (TPSA) is 64.3 Å². The van der Waals surface area contributed by atoms with Crippen molar-refractivity contribution in [1.29, 1.82) is 0 Å². The Hall–Kier alpha value is -1.55. The molecule has 0 saturated heterocycles. The molecule has 0 aliphatic rings. The molecule has 16 heavy (non-hydrogen) atoms. The van der Waals surface area contributed by atoms with Gasteiger partial charge in [-0.15, -0.1) is 0 Å². The highest BCUT2D eigenvalue weighted by molar-refractivity contribution is 5.79. The Morgan fingerprint density at radius 3 is 2.56 bits per heavy atom. The number of benzene rings is 1. The van der Waals surface area contributed by atoms with E-state index >= 15 is 0 Å². The molecule has 0 bridgehead atoms. The van der Waals surface area contributed by atoms with E-state index in [0.29, 0.717) is 0 Å². The van der Waals surface area contributed by atoms with E-state index in [0.717, 1.165) is 11.3 Å². The largest absolute Gasteiger partial charge is 0.496 e. The Labute approximate surface area is 95.8 Å². The molecule has 0 aromatic heterocycles. The Bertz CT molecular complexity index is 366. The Morgan fingerprint density at radius 1 is 1.38 bits per heavy atom. The lowest BCUT2D eigenvalue weighted by atomic mass is 10.1. The number of carbonyl (C=O) groups excluding carboxylic acids is 1. The SMILES string of the molecule is COc1ccccc1C(C)NC(C)C(N)=O. The second kappa shape index (κ2) is 5.51. The zero-order chi connectivity index (χ0) is 12.1. The molecular weight excluding hydrogens is 204 g/mol. The average Bonchev–Trinajstić information content (AvgIpc) is 2.28. The average molecular weight is 222 g/mol.